The number of anilines is 1. The fourth-order valence-electron chi connectivity index (χ4n) is 2.26. The predicted octanol–water partition coefficient (Wildman–Crippen LogP) is 3.94. The zero-order chi connectivity index (χ0) is 17.9. The molecular formula is C16H15BrN2O5. The molecule has 0 aliphatic heterocycles. The highest BCUT2D eigenvalue weighted by Gasteiger charge is 2.18. The third-order valence-corrected chi connectivity index (χ3v) is 3.79. The molecule has 2 aromatic carbocycles. The molecule has 2 aromatic rings. The third-order valence-electron chi connectivity index (χ3n) is 3.33. The normalized spacial score (nSPS) is 10.2. The van der Waals surface area contributed by atoms with Gasteiger partial charge >= 0.3 is 0 Å². The molecular weight excluding hydrogens is 380 g/mol. The summed E-state index contributed by atoms with van der Waals surface area (Å²) < 4.78 is 11.1. The van der Waals surface area contributed by atoms with Crippen molar-refractivity contribution >= 4 is 33.2 Å². The number of amides is 1. The first-order valence-corrected chi connectivity index (χ1v) is 7.64. The molecule has 0 aliphatic rings. The van der Waals surface area contributed by atoms with Crippen molar-refractivity contribution < 1.29 is 19.2 Å². The Balaban J connectivity index is 2.39. The Labute approximate surface area is 146 Å². The Bertz CT molecular complexity index is 807. The van der Waals surface area contributed by atoms with E-state index in [9.17, 15) is 14.9 Å². The second-order valence-corrected chi connectivity index (χ2v) is 5.81. The molecule has 24 heavy (non-hydrogen) atoms. The first kappa shape index (κ1) is 17.7. The van der Waals surface area contributed by atoms with Crippen molar-refractivity contribution in [2.45, 2.75) is 6.92 Å². The van der Waals surface area contributed by atoms with Crippen LogP contribution in [0, 0.1) is 17.0 Å². The molecule has 0 radical (unpaired) electrons. The molecule has 1 amide bonds. The molecule has 0 bridgehead atoms. The van der Waals surface area contributed by atoms with Crippen LogP contribution in [0.1, 0.15) is 15.9 Å². The smallest absolute Gasteiger partial charge is 0.273 e. The fraction of sp³-hybridized carbons (Fsp3) is 0.188. The fourth-order valence-corrected chi connectivity index (χ4v) is 2.83. The van der Waals surface area contributed by atoms with Gasteiger partial charge < -0.3 is 14.8 Å². The first-order chi connectivity index (χ1) is 11.4. The molecule has 0 spiro atoms. The molecule has 2 rings (SSSR count). The molecule has 8 heteroatoms. The maximum Gasteiger partial charge on any atom is 0.273 e. The molecule has 0 saturated heterocycles. The summed E-state index contributed by atoms with van der Waals surface area (Å²) >= 11 is 3.35. The number of hydrogen-bond donors (Lipinski definition) is 1. The van der Waals surface area contributed by atoms with Crippen LogP contribution in [0.3, 0.4) is 0 Å². The van der Waals surface area contributed by atoms with Crippen molar-refractivity contribution in [3.63, 3.8) is 0 Å². The highest BCUT2D eigenvalue weighted by Crippen LogP contribution is 2.32. The van der Waals surface area contributed by atoms with E-state index in [0.717, 1.165) is 10.0 Å². The maximum atomic E-state index is 12.6. The molecule has 7 nitrogen and oxygen atoms in total. The summed E-state index contributed by atoms with van der Waals surface area (Å²) in [6.45, 7) is 1.83. The zero-order valence-electron chi connectivity index (χ0n) is 13.3. The Kier molecular flexibility index (Phi) is 5.40. The maximum absolute atomic E-state index is 12.6. The van der Waals surface area contributed by atoms with Crippen LogP contribution < -0.4 is 14.8 Å². The first-order valence-electron chi connectivity index (χ1n) is 6.85. The zero-order valence-corrected chi connectivity index (χ0v) is 14.8. The van der Waals surface area contributed by atoms with Gasteiger partial charge in [-0.2, -0.15) is 0 Å². The molecule has 0 saturated carbocycles. The molecule has 0 atom stereocenters. The molecule has 126 valence electrons. The molecule has 0 heterocycles. The summed E-state index contributed by atoms with van der Waals surface area (Å²) in [5, 5.41) is 13.5. The highest BCUT2D eigenvalue weighted by molar-refractivity contribution is 9.10. The van der Waals surface area contributed by atoms with Gasteiger partial charge in [-0.25, -0.2) is 0 Å². The van der Waals surface area contributed by atoms with Crippen molar-refractivity contribution in [3.05, 3.63) is 56.0 Å². The molecule has 1 N–H and O–H groups in total. The lowest BCUT2D eigenvalue weighted by molar-refractivity contribution is -0.384. The number of hydrogen-bond acceptors (Lipinski definition) is 5. The number of non-ortho nitro benzene ring substituents is 1. The van der Waals surface area contributed by atoms with Crippen LogP contribution in [-0.2, 0) is 0 Å². The van der Waals surface area contributed by atoms with Crippen LogP contribution in [0.5, 0.6) is 11.5 Å². The number of nitrogens with one attached hydrogen (secondary N) is 1. The van der Waals surface area contributed by atoms with Crippen molar-refractivity contribution in [2.24, 2.45) is 0 Å². The van der Waals surface area contributed by atoms with Gasteiger partial charge in [0.15, 0.2) is 0 Å². The lowest BCUT2D eigenvalue weighted by Gasteiger charge is -2.14. The number of halogens is 1. The van der Waals surface area contributed by atoms with Crippen molar-refractivity contribution in [2.75, 3.05) is 19.5 Å². The molecule has 0 unspecified atom stereocenters. The number of methoxy groups -OCH3 is 2. The number of nitro benzene ring substituents is 1. The molecule has 0 fully saturated rings. The monoisotopic (exact) mass is 394 g/mol. The molecule has 0 aliphatic carbocycles. The van der Waals surface area contributed by atoms with E-state index in [1.54, 1.807) is 6.07 Å². The van der Waals surface area contributed by atoms with Crippen molar-refractivity contribution in [1.82, 2.24) is 0 Å². The minimum atomic E-state index is -0.533. The van der Waals surface area contributed by atoms with Gasteiger partial charge in [0, 0.05) is 10.5 Å². The molecule has 0 aromatic heterocycles. The van der Waals surface area contributed by atoms with E-state index in [4.69, 9.17) is 9.47 Å². The lowest BCUT2D eigenvalue weighted by Crippen LogP contribution is -2.14. The lowest BCUT2D eigenvalue weighted by atomic mass is 10.1. The summed E-state index contributed by atoms with van der Waals surface area (Å²) in [5.74, 6) is 0.239. The topological polar surface area (TPSA) is 90.7 Å². The summed E-state index contributed by atoms with van der Waals surface area (Å²) in [5.41, 5.74) is 1.34. The number of carbonyl (C=O) groups excluding carboxylic acids is 1. The Morgan fingerprint density at radius 1 is 1.21 bits per heavy atom. The van der Waals surface area contributed by atoms with Crippen LogP contribution in [0.15, 0.2) is 34.8 Å². The van der Waals surface area contributed by atoms with E-state index in [2.05, 4.69) is 21.2 Å². The predicted molar refractivity (Wildman–Crippen MR) is 93.0 cm³/mol. The number of aryl methyl sites for hydroxylation is 1. The third kappa shape index (κ3) is 3.65. The van der Waals surface area contributed by atoms with Gasteiger partial charge in [-0.15, -0.1) is 0 Å². The number of nitro groups is 1. The average molecular weight is 395 g/mol. The van der Waals surface area contributed by atoms with Gasteiger partial charge in [-0.05, 0) is 30.7 Å². The second-order valence-electron chi connectivity index (χ2n) is 4.90. The minimum absolute atomic E-state index is 0.124. The summed E-state index contributed by atoms with van der Waals surface area (Å²) in [6.07, 6.45) is 0. The standard InChI is InChI=1S/C16H15BrN2O5/c1-9-6-10(17)7-12(15(9)24-3)16(20)18-13-5-4-11(19(21)22)8-14(13)23-2/h4-8H,1-3H3,(H,18,20). The largest absolute Gasteiger partial charge is 0.496 e. The van der Waals surface area contributed by atoms with E-state index in [0.29, 0.717) is 17.0 Å². The van der Waals surface area contributed by atoms with Gasteiger partial charge in [0.05, 0.1) is 36.5 Å². The Morgan fingerprint density at radius 3 is 2.50 bits per heavy atom. The van der Waals surface area contributed by atoms with Gasteiger partial charge in [0.1, 0.15) is 11.5 Å². The number of rotatable bonds is 5. The second kappa shape index (κ2) is 7.31. The van der Waals surface area contributed by atoms with Crippen LogP contribution in [0.2, 0.25) is 0 Å². The summed E-state index contributed by atoms with van der Waals surface area (Å²) in [6, 6.07) is 7.44. The van der Waals surface area contributed by atoms with E-state index in [1.807, 2.05) is 13.0 Å². The van der Waals surface area contributed by atoms with Gasteiger partial charge in [-0.1, -0.05) is 15.9 Å². The number of ether oxygens (including phenoxy) is 2. The van der Waals surface area contributed by atoms with Crippen LogP contribution in [0.4, 0.5) is 11.4 Å². The average Bonchev–Trinajstić information content (AvgIpc) is 2.54. The number of benzene rings is 2. The minimum Gasteiger partial charge on any atom is -0.496 e. The van der Waals surface area contributed by atoms with Crippen LogP contribution in [-0.4, -0.2) is 25.1 Å². The van der Waals surface area contributed by atoms with E-state index in [1.165, 1.54) is 32.4 Å². The van der Waals surface area contributed by atoms with Crippen LogP contribution in [0.25, 0.3) is 0 Å². The van der Waals surface area contributed by atoms with Crippen molar-refractivity contribution in [1.29, 1.82) is 0 Å². The Morgan fingerprint density at radius 2 is 1.92 bits per heavy atom. The van der Waals surface area contributed by atoms with E-state index >= 15 is 0 Å². The van der Waals surface area contributed by atoms with Gasteiger partial charge in [-0.3, -0.25) is 14.9 Å². The van der Waals surface area contributed by atoms with E-state index < -0.39 is 10.8 Å². The van der Waals surface area contributed by atoms with Crippen molar-refractivity contribution in [3.8, 4) is 11.5 Å². The summed E-state index contributed by atoms with van der Waals surface area (Å²) in [4.78, 5) is 22.9. The number of carbonyl (C=O) groups is 1. The quantitative estimate of drug-likeness (QED) is 0.612. The summed E-state index contributed by atoms with van der Waals surface area (Å²) in [7, 11) is 2.86. The van der Waals surface area contributed by atoms with Crippen LogP contribution >= 0.6 is 15.9 Å². The number of nitrogens with zero attached hydrogens (tertiary/aromatic N) is 1. The highest BCUT2D eigenvalue weighted by atomic mass is 79.9. The SMILES string of the molecule is COc1cc([N+](=O)[O-])ccc1NC(=O)c1cc(Br)cc(C)c1OC. The van der Waals surface area contributed by atoms with Gasteiger partial charge in [0.25, 0.3) is 11.6 Å². The Hall–Kier alpha value is -2.61. The van der Waals surface area contributed by atoms with E-state index in [-0.39, 0.29) is 11.4 Å². The van der Waals surface area contributed by atoms with Gasteiger partial charge in [0.2, 0.25) is 0 Å².